The first-order valence-corrected chi connectivity index (χ1v) is 50.7. The molecular formula is C100H104Cl2Si2Zr2-2. The predicted octanol–water partition coefficient (Wildman–Crippen LogP) is 23.7. The number of aryl methyl sites for hydroxylation is 8. The molecule has 0 spiro atoms. The number of hydrogen-bond acceptors (Lipinski definition) is 0. The van der Waals surface area contributed by atoms with E-state index in [0.717, 1.165) is 0 Å². The Bertz CT molecular complexity index is 4920. The van der Waals surface area contributed by atoms with Gasteiger partial charge >= 0.3 is 83.7 Å². The molecule has 0 unspecified atom stereocenters. The molecule has 0 N–H and O–H groups in total. The largest absolute Gasteiger partial charge is 1.00 e. The van der Waals surface area contributed by atoms with E-state index in [-0.39, 0.29) is 35.7 Å². The van der Waals surface area contributed by atoms with Crippen molar-refractivity contribution in [2.24, 2.45) is 0 Å². The molecule has 0 saturated heterocycles. The minimum Gasteiger partial charge on any atom is -1.00 e. The number of halogens is 2. The molecule has 106 heavy (non-hydrogen) atoms. The topological polar surface area (TPSA) is 0 Å². The van der Waals surface area contributed by atoms with Gasteiger partial charge in [0.1, 0.15) is 0 Å². The second-order valence-electron chi connectivity index (χ2n) is 29.0. The maximum Gasteiger partial charge on any atom is -1.00 e. The third kappa shape index (κ3) is 20.4. The zero-order valence-electron chi connectivity index (χ0n) is 64.6. The Morgan fingerprint density at radius 1 is 0.255 bits per heavy atom. The smallest absolute Gasteiger partial charge is 1.00 e. The SMILES string of the molecule is CCCCc1cc2c(-c3c(C)ccc4ccccc34)cccc2[cH-]1.CCCCc1cc2c(-c3c(C)ccc4ccccc34)cccc2[cH-]1.CCCCc1cc2c(-c3c(C)ccc4ccccc34)cccc2[cH-]1.CCCCc1cc2c(-c3c(C)ccc4ccccc34)cccc2[cH-]1.C[Si](C)=[Zr+2].C[Si](C)=[Zr+2].[Cl-].[Cl-]. The molecule has 0 nitrogen and oxygen atoms in total. The number of rotatable bonds is 16. The van der Waals surface area contributed by atoms with E-state index in [9.17, 15) is 0 Å². The van der Waals surface area contributed by atoms with Gasteiger partial charge in [0.2, 0.25) is 0 Å². The molecule has 0 aromatic heterocycles. The molecule has 0 bridgehead atoms. The van der Waals surface area contributed by atoms with Crippen molar-refractivity contribution in [2.45, 2.75) is 159 Å². The molecule has 6 heteroatoms. The van der Waals surface area contributed by atoms with Gasteiger partial charge in [-0.25, -0.2) is 0 Å². The number of hydrogen-bond donors (Lipinski definition) is 0. The Morgan fingerprint density at radius 2 is 0.453 bits per heavy atom. The monoisotopic (exact) mass is 1610 g/mol. The quantitative estimate of drug-likeness (QED) is 0.0668. The van der Waals surface area contributed by atoms with Crippen molar-refractivity contribution in [3.8, 4) is 44.5 Å². The summed E-state index contributed by atoms with van der Waals surface area (Å²) in [5.41, 5.74) is 22.7. The van der Waals surface area contributed by atoms with E-state index in [1.54, 1.807) is 46.7 Å². The number of benzene rings is 12. The van der Waals surface area contributed by atoms with E-state index in [1.165, 1.54) is 252 Å². The fraction of sp³-hybridized carbons (Fsp3) is 0.240. The summed E-state index contributed by atoms with van der Waals surface area (Å²) < 4.78 is 0. The summed E-state index contributed by atoms with van der Waals surface area (Å²) in [6, 6.07) is 98.7. The van der Waals surface area contributed by atoms with Crippen molar-refractivity contribution in [2.75, 3.05) is 0 Å². The molecule has 0 atom stereocenters. The normalized spacial score (nSPS) is 10.9. The van der Waals surface area contributed by atoms with Gasteiger partial charge in [-0.3, -0.25) is 0 Å². The van der Waals surface area contributed by atoms with Crippen LogP contribution in [0, 0.1) is 27.7 Å². The molecule has 16 rings (SSSR count). The fourth-order valence-corrected chi connectivity index (χ4v) is 15.1. The molecule has 0 aliphatic rings. The van der Waals surface area contributed by atoms with Gasteiger partial charge in [0.05, 0.1) is 0 Å². The minimum atomic E-state index is 0. The maximum atomic E-state index is 2.40. The fourth-order valence-electron chi connectivity index (χ4n) is 15.1. The summed E-state index contributed by atoms with van der Waals surface area (Å²) in [5.74, 6) is 0. The second-order valence-corrected chi connectivity index (χ2v) is 47.8. The van der Waals surface area contributed by atoms with Crippen LogP contribution in [0.2, 0.25) is 26.2 Å². The van der Waals surface area contributed by atoms with Crippen molar-refractivity contribution in [3.05, 3.63) is 311 Å². The van der Waals surface area contributed by atoms with Crippen LogP contribution in [0.25, 0.3) is 131 Å². The van der Waals surface area contributed by atoms with Crippen molar-refractivity contribution in [1.29, 1.82) is 0 Å². The number of unbranched alkanes of at least 4 members (excludes halogenated alkanes) is 4. The molecule has 0 radical (unpaired) electrons. The third-order valence-corrected chi connectivity index (χ3v) is 20.1. The van der Waals surface area contributed by atoms with Crippen molar-refractivity contribution in [3.63, 3.8) is 0 Å². The van der Waals surface area contributed by atoms with Crippen LogP contribution in [0.1, 0.15) is 124 Å². The summed E-state index contributed by atoms with van der Waals surface area (Å²) in [6.45, 7) is 27.2. The van der Waals surface area contributed by atoms with E-state index in [0.29, 0.717) is 0 Å². The average molecular weight is 1620 g/mol. The second kappa shape index (κ2) is 40.4. The van der Waals surface area contributed by atoms with E-state index in [4.69, 9.17) is 0 Å². The van der Waals surface area contributed by atoms with E-state index in [1.807, 2.05) is 0 Å². The van der Waals surface area contributed by atoms with E-state index >= 15 is 0 Å². The van der Waals surface area contributed by atoms with Crippen molar-refractivity contribution < 1.29 is 71.5 Å². The first-order valence-electron chi connectivity index (χ1n) is 38.3. The third-order valence-electron chi connectivity index (χ3n) is 20.1. The van der Waals surface area contributed by atoms with Crippen LogP contribution in [0.3, 0.4) is 0 Å². The molecule has 16 aromatic carbocycles. The van der Waals surface area contributed by atoms with Crippen molar-refractivity contribution >= 4 is 97.0 Å². The zero-order chi connectivity index (χ0) is 73.2. The van der Waals surface area contributed by atoms with Crippen LogP contribution in [0.4, 0.5) is 0 Å². The summed E-state index contributed by atoms with van der Waals surface area (Å²) >= 11 is 3.48. The molecular weight excluding hydrogens is 1510 g/mol. The van der Waals surface area contributed by atoms with Gasteiger partial charge in [-0.15, -0.1) is 138 Å². The summed E-state index contributed by atoms with van der Waals surface area (Å²) in [7, 11) is 0. The Morgan fingerprint density at radius 3 is 0.651 bits per heavy atom. The molecule has 0 aliphatic heterocycles. The maximum absolute atomic E-state index is 2.40. The van der Waals surface area contributed by atoms with Gasteiger partial charge in [0.15, 0.2) is 0 Å². The summed E-state index contributed by atoms with van der Waals surface area (Å²) in [5, 5.41) is 21.7. The average Bonchev–Trinajstić information content (AvgIpc) is 1.47. The molecule has 0 saturated carbocycles. The van der Waals surface area contributed by atoms with Crippen LogP contribution >= 0.6 is 0 Å². The Balaban J connectivity index is 0.000000157. The Labute approximate surface area is 676 Å². The van der Waals surface area contributed by atoms with E-state index in [2.05, 4.69) is 348 Å². The number of fused-ring (bicyclic) bond motifs is 8. The Kier molecular flexibility index (Phi) is 31.6. The predicted molar refractivity (Wildman–Crippen MR) is 458 cm³/mol. The summed E-state index contributed by atoms with van der Waals surface area (Å²) in [4.78, 5) is 0. The van der Waals surface area contributed by atoms with Gasteiger partial charge < -0.3 is 24.8 Å². The van der Waals surface area contributed by atoms with Crippen LogP contribution in [0.5, 0.6) is 0 Å². The van der Waals surface area contributed by atoms with Crippen molar-refractivity contribution in [1.82, 2.24) is 0 Å². The van der Waals surface area contributed by atoms with Gasteiger partial charge in [-0.2, -0.15) is 24.3 Å². The molecule has 0 fully saturated rings. The zero-order valence-corrected chi connectivity index (χ0v) is 73.1. The molecule has 0 aliphatic carbocycles. The molecule has 0 heterocycles. The van der Waals surface area contributed by atoms with Gasteiger partial charge in [-0.1, -0.05) is 271 Å². The van der Waals surface area contributed by atoms with Gasteiger partial charge in [0, 0.05) is 0 Å². The minimum absolute atomic E-state index is 0. The first kappa shape index (κ1) is 82.9. The standard InChI is InChI=1S/4C24H23.2C2H6Si.2ClH.2Zr/c4*1-3-4-8-18-15-20-10-7-12-22(23(20)16-18)24-17(2)13-14-19-9-5-6-11-21(19)24;2*1-3-2;;;;/h4*5-7,9-16H,3-4,8H2,1-2H3;2*1-2H3;2*1H;;/q4*-1;;;;;2*+2/p-2. The van der Waals surface area contributed by atoms with Crippen LogP contribution in [0.15, 0.2) is 267 Å². The first-order chi connectivity index (χ1) is 50.6. The Hall–Kier alpha value is -7.10. The molecule has 536 valence electrons. The molecule has 0 amide bonds. The van der Waals surface area contributed by atoms with Gasteiger partial charge in [-0.05, 0) is 141 Å². The van der Waals surface area contributed by atoms with E-state index < -0.39 is 0 Å². The van der Waals surface area contributed by atoms with Crippen LogP contribution in [-0.4, -0.2) is 10.9 Å². The van der Waals surface area contributed by atoms with Crippen LogP contribution in [-0.2, 0) is 72.4 Å². The van der Waals surface area contributed by atoms with Gasteiger partial charge in [0.25, 0.3) is 0 Å². The summed E-state index contributed by atoms with van der Waals surface area (Å²) in [6.07, 6.45) is 14.8. The van der Waals surface area contributed by atoms with Crippen LogP contribution < -0.4 is 24.8 Å². The molecule has 16 aromatic rings.